The molecule has 0 aliphatic carbocycles. The van der Waals surface area contributed by atoms with E-state index in [0.717, 1.165) is 35.7 Å². The summed E-state index contributed by atoms with van der Waals surface area (Å²) in [5.74, 6) is 2.26. The zero-order valence-electron chi connectivity index (χ0n) is 13.3. The zero-order chi connectivity index (χ0) is 15.8. The highest BCUT2D eigenvalue weighted by Crippen LogP contribution is 2.49. The van der Waals surface area contributed by atoms with Crippen LogP contribution in [0.3, 0.4) is 0 Å². The first-order chi connectivity index (χ1) is 11.3. The Morgan fingerprint density at radius 2 is 2.04 bits per heavy atom. The van der Waals surface area contributed by atoms with Crippen LogP contribution in [0.25, 0.3) is 0 Å². The van der Waals surface area contributed by atoms with Crippen molar-refractivity contribution in [2.45, 2.75) is 12.6 Å². The second-order valence-corrected chi connectivity index (χ2v) is 5.86. The van der Waals surface area contributed by atoms with Gasteiger partial charge in [0.2, 0.25) is 12.5 Å². The molecule has 0 amide bonds. The Kier molecular flexibility index (Phi) is 3.50. The molecule has 2 aromatic carbocycles. The number of methoxy groups -OCH3 is 1. The van der Waals surface area contributed by atoms with Crippen LogP contribution in [0.15, 0.2) is 36.4 Å². The topological polar surface area (TPSA) is 43.0 Å². The fourth-order valence-electron chi connectivity index (χ4n) is 3.31. The largest absolute Gasteiger partial charge is 0.492 e. The number of nitrogens with zero attached hydrogens (tertiary/aromatic N) is 1. The van der Waals surface area contributed by atoms with Gasteiger partial charge in [-0.1, -0.05) is 18.2 Å². The van der Waals surface area contributed by atoms with Crippen LogP contribution >= 0.6 is 0 Å². The van der Waals surface area contributed by atoms with E-state index in [-0.39, 0.29) is 13.0 Å². The van der Waals surface area contributed by atoms with E-state index in [0.29, 0.717) is 5.75 Å². The van der Waals surface area contributed by atoms with Crippen molar-refractivity contribution < 1.29 is 14.2 Å². The van der Waals surface area contributed by atoms with Gasteiger partial charge in [-0.25, -0.2) is 0 Å². The van der Waals surface area contributed by atoms with Gasteiger partial charge in [0, 0.05) is 17.8 Å². The van der Waals surface area contributed by atoms with Gasteiger partial charge in [0.15, 0.2) is 11.5 Å². The molecule has 0 spiro atoms. The van der Waals surface area contributed by atoms with Crippen molar-refractivity contribution in [3.63, 3.8) is 0 Å². The van der Waals surface area contributed by atoms with Crippen LogP contribution in [0.5, 0.6) is 17.2 Å². The highest BCUT2D eigenvalue weighted by atomic mass is 16.7. The van der Waals surface area contributed by atoms with Gasteiger partial charge >= 0.3 is 0 Å². The molecule has 0 bridgehead atoms. The van der Waals surface area contributed by atoms with Crippen molar-refractivity contribution in [1.29, 1.82) is 0 Å². The van der Waals surface area contributed by atoms with Crippen LogP contribution in [0.4, 0.5) is 5.69 Å². The normalized spacial score (nSPS) is 19.3. The van der Waals surface area contributed by atoms with Gasteiger partial charge in [0.1, 0.15) is 6.17 Å². The second kappa shape index (κ2) is 5.66. The molecule has 0 fully saturated rings. The molecule has 23 heavy (non-hydrogen) atoms. The molecule has 1 N–H and O–H groups in total. The first kappa shape index (κ1) is 14.2. The molecule has 2 aliphatic rings. The summed E-state index contributed by atoms with van der Waals surface area (Å²) in [7, 11) is 3.80. The maximum atomic E-state index is 5.70. The van der Waals surface area contributed by atoms with Crippen molar-refractivity contribution in [1.82, 2.24) is 4.90 Å². The third-order valence-corrected chi connectivity index (χ3v) is 4.47. The smallest absolute Gasteiger partial charge is 0.231 e. The predicted molar refractivity (Wildman–Crippen MR) is 88.3 cm³/mol. The summed E-state index contributed by atoms with van der Waals surface area (Å²) >= 11 is 0. The fraction of sp³-hybridized carbons (Fsp3) is 0.333. The summed E-state index contributed by atoms with van der Waals surface area (Å²) in [5, 5.41) is 3.60. The van der Waals surface area contributed by atoms with Crippen LogP contribution in [-0.2, 0) is 6.42 Å². The van der Waals surface area contributed by atoms with Gasteiger partial charge in [-0.3, -0.25) is 4.90 Å². The maximum Gasteiger partial charge on any atom is 0.231 e. The molecular formula is C18H20N2O3. The van der Waals surface area contributed by atoms with Gasteiger partial charge in [-0.15, -0.1) is 0 Å². The van der Waals surface area contributed by atoms with Crippen molar-refractivity contribution in [3.05, 3.63) is 47.5 Å². The van der Waals surface area contributed by atoms with Crippen molar-refractivity contribution in [3.8, 4) is 17.2 Å². The van der Waals surface area contributed by atoms with Crippen molar-refractivity contribution >= 4 is 5.69 Å². The molecule has 0 aromatic heterocycles. The number of ether oxygens (including phenoxy) is 3. The number of fused-ring (bicyclic) bond motifs is 2. The lowest BCUT2D eigenvalue weighted by atomic mass is 9.94. The highest BCUT2D eigenvalue weighted by molar-refractivity contribution is 5.63. The number of para-hydroxylation sites is 1. The molecular weight excluding hydrogens is 292 g/mol. The number of hydrogen-bond acceptors (Lipinski definition) is 5. The lowest BCUT2D eigenvalue weighted by molar-refractivity contribution is 0.170. The van der Waals surface area contributed by atoms with E-state index >= 15 is 0 Å². The minimum atomic E-state index is 0.0330. The molecule has 5 nitrogen and oxygen atoms in total. The Balaban J connectivity index is 1.80. The van der Waals surface area contributed by atoms with Gasteiger partial charge < -0.3 is 19.5 Å². The lowest BCUT2D eigenvalue weighted by Crippen LogP contribution is -2.37. The third-order valence-electron chi connectivity index (χ3n) is 4.47. The fourth-order valence-corrected chi connectivity index (χ4v) is 3.31. The first-order valence-corrected chi connectivity index (χ1v) is 7.79. The van der Waals surface area contributed by atoms with Crippen molar-refractivity contribution in [2.24, 2.45) is 0 Å². The van der Waals surface area contributed by atoms with E-state index in [2.05, 4.69) is 35.5 Å². The van der Waals surface area contributed by atoms with E-state index < -0.39 is 0 Å². The number of anilines is 1. The Labute approximate surface area is 135 Å². The number of nitrogens with one attached hydrogen (secondary N) is 1. The molecule has 0 saturated heterocycles. The van der Waals surface area contributed by atoms with E-state index in [1.165, 1.54) is 5.56 Å². The molecule has 0 saturated carbocycles. The summed E-state index contributed by atoms with van der Waals surface area (Å²) in [6.45, 7) is 1.22. The Bertz CT molecular complexity index is 718. The molecule has 4 rings (SSSR count). The molecule has 2 aromatic rings. The van der Waals surface area contributed by atoms with Gasteiger partial charge in [0.25, 0.3) is 0 Å². The minimum absolute atomic E-state index is 0.0330. The average Bonchev–Trinajstić information content (AvgIpc) is 3.04. The summed E-state index contributed by atoms with van der Waals surface area (Å²) in [6, 6.07) is 12.3. The Hall–Kier alpha value is -2.40. The Morgan fingerprint density at radius 3 is 2.83 bits per heavy atom. The van der Waals surface area contributed by atoms with Gasteiger partial charge in [0.05, 0.1) is 7.11 Å². The summed E-state index contributed by atoms with van der Waals surface area (Å²) in [5.41, 5.74) is 3.46. The molecule has 120 valence electrons. The van der Waals surface area contributed by atoms with Crippen LogP contribution in [0.1, 0.15) is 17.3 Å². The number of rotatable bonds is 3. The monoisotopic (exact) mass is 312 g/mol. The summed E-state index contributed by atoms with van der Waals surface area (Å²) in [6.07, 6.45) is 0.997. The van der Waals surface area contributed by atoms with E-state index in [4.69, 9.17) is 14.2 Å². The summed E-state index contributed by atoms with van der Waals surface area (Å²) < 4.78 is 16.9. The second-order valence-electron chi connectivity index (χ2n) is 5.86. The third kappa shape index (κ3) is 2.37. The quantitative estimate of drug-likeness (QED) is 0.943. The number of likely N-dealkylation sites (N-methyl/N-ethyl adjacent to an activating group) is 1. The number of hydrogen-bond donors (Lipinski definition) is 1. The van der Waals surface area contributed by atoms with E-state index in [9.17, 15) is 0 Å². The van der Waals surface area contributed by atoms with Gasteiger partial charge in [-0.05, 0) is 37.2 Å². The van der Waals surface area contributed by atoms with E-state index in [1.54, 1.807) is 7.11 Å². The minimum Gasteiger partial charge on any atom is -0.492 e. The average molecular weight is 312 g/mol. The molecule has 5 heteroatoms. The molecule has 1 atom stereocenters. The van der Waals surface area contributed by atoms with Crippen LogP contribution < -0.4 is 19.5 Å². The lowest BCUT2D eigenvalue weighted by Gasteiger charge is -2.36. The first-order valence-electron chi connectivity index (χ1n) is 7.79. The molecule has 0 unspecified atom stereocenters. The van der Waals surface area contributed by atoms with Crippen molar-refractivity contribution in [2.75, 3.05) is 32.8 Å². The van der Waals surface area contributed by atoms with Crippen LogP contribution in [0, 0.1) is 0 Å². The zero-order valence-corrected chi connectivity index (χ0v) is 13.3. The van der Waals surface area contributed by atoms with Crippen LogP contribution in [-0.4, -0.2) is 32.4 Å². The maximum absolute atomic E-state index is 5.70. The molecule has 2 aliphatic heterocycles. The molecule has 2 heterocycles. The Morgan fingerprint density at radius 1 is 1.22 bits per heavy atom. The van der Waals surface area contributed by atoms with Crippen LogP contribution in [0.2, 0.25) is 0 Å². The highest BCUT2D eigenvalue weighted by Gasteiger charge is 2.33. The standard InChI is InChI=1S/C18H20N2O3/c1-20-9-8-12-10-14-16(23-11-22-14)17(21-2)15(12)18(20)19-13-6-4-3-5-7-13/h3-7,10,18-19H,8-9,11H2,1-2H3/t18-/m1/s1. The predicted octanol–water partition coefficient (Wildman–Crippen LogP) is 3.02. The van der Waals surface area contributed by atoms with E-state index in [1.807, 2.05) is 18.2 Å². The summed E-state index contributed by atoms with van der Waals surface area (Å²) in [4.78, 5) is 2.29. The molecule has 0 radical (unpaired) electrons. The van der Waals surface area contributed by atoms with Gasteiger partial charge in [-0.2, -0.15) is 0 Å². The number of benzene rings is 2. The SMILES string of the molecule is COc1c2c(cc3c1[C@H](Nc1ccccc1)N(C)CC3)OCO2.